The van der Waals surface area contributed by atoms with Gasteiger partial charge in [-0.3, -0.25) is 14.5 Å². The summed E-state index contributed by atoms with van der Waals surface area (Å²) < 4.78 is 18.2. The van der Waals surface area contributed by atoms with E-state index in [0.717, 1.165) is 17.0 Å². The maximum atomic E-state index is 13.6. The van der Waals surface area contributed by atoms with E-state index in [2.05, 4.69) is 9.89 Å². The Labute approximate surface area is 158 Å². The van der Waals surface area contributed by atoms with E-state index in [1.165, 1.54) is 13.2 Å². The van der Waals surface area contributed by atoms with Crippen molar-refractivity contribution in [2.45, 2.75) is 6.61 Å². The van der Waals surface area contributed by atoms with Gasteiger partial charge < -0.3 is 14.7 Å². The standard InChI is InChI=1S/C19H15FN2O6/c1-27-19(26)12-4-2-11(3-5-12)10-28-21-17-14-8-13(20)6-7-15(14)22(18(17)25)9-16(23)24/h2-8H,9-10H2,1H3,(H,23,24)/b21-17+. The van der Waals surface area contributed by atoms with E-state index in [9.17, 15) is 18.8 Å². The monoisotopic (exact) mass is 386 g/mol. The van der Waals surface area contributed by atoms with Crippen LogP contribution in [0.4, 0.5) is 10.1 Å². The molecule has 0 bridgehead atoms. The molecule has 3 rings (SSSR count). The second kappa shape index (κ2) is 7.87. The van der Waals surface area contributed by atoms with Crippen LogP contribution < -0.4 is 4.90 Å². The molecule has 28 heavy (non-hydrogen) atoms. The molecule has 0 unspecified atom stereocenters. The van der Waals surface area contributed by atoms with Gasteiger partial charge in [0, 0.05) is 5.56 Å². The fraction of sp³-hybridized carbons (Fsp3) is 0.158. The number of aliphatic carboxylic acids is 1. The molecule has 1 amide bonds. The van der Waals surface area contributed by atoms with Crippen LogP contribution in [0.15, 0.2) is 47.6 Å². The summed E-state index contributed by atoms with van der Waals surface area (Å²) in [5.41, 5.74) is 1.27. The molecule has 0 atom stereocenters. The van der Waals surface area contributed by atoms with Crippen LogP contribution in [0.2, 0.25) is 0 Å². The lowest BCUT2D eigenvalue weighted by atomic mass is 10.1. The maximum Gasteiger partial charge on any atom is 0.337 e. The molecule has 8 nitrogen and oxygen atoms in total. The van der Waals surface area contributed by atoms with Gasteiger partial charge in [-0.05, 0) is 35.9 Å². The van der Waals surface area contributed by atoms with Crippen LogP contribution in [-0.4, -0.2) is 42.3 Å². The van der Waals surface area contributed by atoms with Crippen molar-refractivity contribution in [3.63, 3.8) is 0 Å². The van der Waals surface area contributed by atoms with E-state index in [-0.39, 0.29) is 23.6 Å². The highest BCUT2D eigenvalue weighted by molar-refractivity contribution is 6.54. The Kier molecular flexibility index (Phi) is 5.35. The number of carbonyl (C=O) groups is 3. The molecule has 0 radical (unpaired) electrons. The van der Waals surface area contributed by atoms with Gasteiger partial charge in [0.15, 0.2) is 5.71 Å². The summed E-state index contributed by atoms with van der Waals surface area (Å²) in [4.78, 5) is 41.1. The first kappa shape index (κ1) is 19.0. The fourth-order valence-corrected chi connectivity index (χ4v) is 2.69. The zero-order valence-corrected chi connectivity index (χ0v) is 14.7. The summed E-state index contributed by atoms with van der Waals surface area (Å²) in [6.07, 6.45) is 0. The van der Waals surface area contributed by atoms with Gasteiger partial charge in [-0.2, -0.15) is 0 Å². The second-order valence-electron chi connectivity index (χ2n) is 5.85. The van der Waals surface area contributed by atoms with Gasteiger partial charge in [0.1, 0.15) is 19.0 Å². The molecule has 0 aliphatic carbocycles. The van der Waals surface area contributed by atoms with Gasteiger partial charge >= 0.3 is 11.9 Å². The Balaban J connectivity index is 1.78. The number of carboxylic acid groups (broad SMARTS) is 1. The lowest BCUT2D eigenvalue weighted by Crippen LogP contribution is -2.34. The first-order valence-electron chi connectivity index (χ1n) is 8.11. The summed E-state index contributed by atoms with van der Waals surface area (Å²) in [6.45, 7) is -0.590. The number of amides is 1. The van der Waals surface area contributed by atoms with Crippen molar-refractivity contribution >= 4 is 29.2 Å². The number of ether oxygens (including phenoxy) is 1. The zero-order chi connectivity index (χ0) is 20.3. The molecule has 0 fully saturated rings. The Bertz CT molecular complexity index is 971. The number of oxime groups is 1. The molecule has 0 aromatic heterocycles. The number of anilines is 1. The first-order chi connectivity index (χ1) is 13.4. The predicted octanol–water partition coefficient (Wildman–Crippen LogP) is 1.96. The van der Waals surface area contributed by atoms with E-state index in [4.69, 9.17) is 9.94 Å². The van der Waals surface area contributed by atoms with E-state index in [0.29, 0.717) is 11.1 Å². The van der Waals surface area contributed by atoms with Crippen molar-refractivity contribution in [3.05, 3.63) is 65.0 Å². The average molecular weight is 386 g/mol. The number of carboxylic acids is 1. The third-order valence-corrected chi connectivity index (χ3v) is 4.01. The van der Waals surface area contributed by atoms with Crippen LogP contribution in [0, 0.1) is 5.82 Å². The average Bonchev–Trinajstić information content (AvgIpc) is 2.92. The van der Waals surface area contributed by atoms with Crippen LogP contribution in [0.3, 0.4) is 0 Å². The van der Waals surface area contributed by atoms with Gasteiger partial charge in [-0.1, -0.05) is 17.3 Å². The maximum absolute atomic E-state index is 13.6. The van der Waals surface area contributed by atoms with E-state index in [1.54, 1.807) is 24.3 Å². The number of benzene rings is 2. The lowest BCUT2D eigenvalue weighted by molar-refractivity contribution is -0.136. The SMILES string of the molecule is COC(=O)c1ccc(CO/N=C2/C(=O)N(CC(=O)O)c3ccc(F)cc32)cc1. The molecular weight excluding hydrogens is 371 g/mol. The molecule has 2 aromatic carbocycles. The van der Waals surface area contributed by atoms with Crippen LogP contribution in [0.5, 0.6) is 0 Å². The fourth-order valence-electron chi connectivity index (χ4n) is 2.69. The van der Waals surface area contributed by atoms with Crippen molar-refractivity contribution < 1.29 is 33.5 Å². The normalized spacial score (nSPS) is 14.1. The van der Waals surface area contributed by atoms with Crippen molar-refractivity contribution in [2.75, 3.05) is 18.6 Å². The van der Waals surface area contributed by atoms with Crippen LogP contribution >= 0.6 is 0 Å². The lowest BCUT2D eigenvalue weighted by Gasteiger charge is -2.13. The molecule has 0 spiro atoms. The third kappa shape index (κ3) is 3.83. The molecular formula is C19H15FN2O6. The van der Waals surface area contributed by atoms with Gasteiger partial charge in [0.05, 0.1) is 18.4 Å². The van der Waals surface area contributed by atoms with Gasteiger partial charge in [0.25, 0.3) is 5.91 Å². The highest BCUT2D eigenvalue weighted by Gasteiger charge is 2.36. The first-order valence-corrected chi connectivity index (χ1v) is 8.11. The van der Waals surface area contributed by atoms with E-state index < -0.39 is 30.2 Å². The molecule has 1 N–H and O–H groups in total. The largest absolute Gasteiger partial charge is 0.480 e. The number of carbonyl (C=O) groups excluding carboxylic acids is 2. The van der Waals surface area contributed by atoms with Crippen LogP contribution in [-0.2, 0) is 25.8 Å². The summed E-state index contributed by atoms with van der Waals surface area (Å²) in [5.74, 6) is -2.96. The topological polar surface area (TPSA) is 106 Å². The predicted molar refractivity (Wildman–Crippen MR) is 95.5 cm³/mol. The molecule has 1 aliphatic rings. The Morgan fingerprint density at radius 3 is 2.54 bits per heavy atom. The Hall–Kier alpha value is -3.75. The van der Waals surface area contributed by atoms with Crippen molar-refractivity contribution in [2.24, 2.45) is 5.16 Å². The smallest absolute Gasteiger partial charge is 0.337 e. The number of halogens is 1. The summed E-state index contributed by atoms with van der Waals surface area (Å²) >= 11 is 0. The number of hydrogen-bond donors (Lipinski definition) is 1. The number of esters is 1. The number of fused-ring (bicyclic) bond motifs is 1. The van der Waals surface area contributed by atoms with Crippen LogP contribution in [0.1, 0.15) is 21.5 Å². The highest BCUT2D eigenvalue weighted by Crippen LogP contribution is 2.30. The number of rotatable bonds is 6. The van der Waals surface area contributed by atoms with Gasteiger partial charge in [-0.25, -0.2) is 9.18 Å². The summed E-state index contributed by atoms with van der Waals surface area (Å²) in [7, 11) is 1.28. The molecule has 0 saturated carbocycles. The third-order valence-electron chi connectivity index (χ3n) is 4.01. The number of nitrogens with zero attached hydrogens (tertiary/aromatic N) is 2. The molecule has 9 heteroatoms. The minimum absolute atomic E-state index is 0.0121. The summed E-state index contributed by atoms with van der Waals surface area (Å²) in [5, 5.41) is 12.8. The zero-order valence-electron chi connectivity index (χ0n) is 14.7. The number of methoxy groups -OCH3 is 1. The minimum atomic E-state index is -1.21. The van der Waals surface area contributed by atoms with E-state index >= 15 is 0 Å². The van der Waals surface area contributed by atoms with Crippen molar-refractivity contribution in [1.29, 1.82) is 0 Å². The summed E-state index contributed by atoms with van der Waals surface area (Å²) in [6, 6.07) is 9.92. The quantitative estimate of drug-likeness (QED) is 0.601. The molecule has 0 saturated heterocycles. The van der Waals surface area contributed by atoms with Gasteiger partial charge in [0.2, 0.25) is 0 Å². The minimum Gasteiger partial charge on any atom is -0.480 e. The van der Waals surface area contributed by atoms with Crippen LogP contribution in [0.25, 0.3) is 0 Å². The molecule has 2 aromatic rings. The van der Waals surface area contributed by atoms with E-state index in [1.807, 2.05) is 0 Å². The molecule has 1 heterocycles. The van der Waals surface area contributed by atoms with Gasteiger partial charge in [-0.15, -0.1) is 0 Å². The Morgan fingerprint density at radius 2 is 1.89 bits per heavy atom. The molecule has 1 aliphatic heterocycles. The Morgan fingerprint density at radius 1 is 1.18 bits per heavy atom. The van der Waals surface area contributed by atoms with Crippen molar-refractivity contribution in [3.8, 4) is 0 Å². The molecule has 144 valence electrons. The van der Waals surface area contributed by atoms with Crippen molar-refractivity contribution in [1.82, 2.24) is 0 Å². The second-order valence-corrected chi connectivity index (χ2v) is 5.85. The number of hydrogen-bond acceptors (Lipinski definition) is 6. The highest BCUT2D eigenvalue weighted by atomic mass is 19.1.